The van der Waals surface area contributed by atoms with Crippen molar-refractivity contribution in [2.75, 3.05) is 54.8 Å². The first kappa shape index (κ1) is 66.8. The maximum Gasteiger partial charge on any atom is 0.341 e. The van der Waals surface area contributed by atoms with Gasteiger partial charge >= 0.3 is 17.9 Å². The highest BCUT2D eigenvalue weighted by Gasteiger charge is 2.54. The zero-order chi connectivity index (χ0) is 61.0. The summed E-state index contributed by atoms with van der Waals surface area (Å²) in [5.74, 6) is -5.70. The number of aliphatic hydroxyl groups is 4. The Hall–Kier alpha value is -4.37. The number of benzene rings is 1. The van der Waals surface area contributed by atoms with Gasteiger partial charge in [-0.2, -0.15) is 0 Å². The summed E-state index contributed by atoms with van der Waals surface area (Å²) in [6.45, 7) is 21.6. The number of nitrogens with one attached hydrogen (secondary N) is 1. The Balaban J connectivity index is 1.20. The minimum absolute atomic E-state index is 0.00285. The van der Waals surface area contributed by atoms with E-state index in [9.17, 15) is 44.7 Å². The van der Waals surface area contributed by atoms with Gasteiger partial charge in [-0.3, -0.25) is 14.4 Å². The topological polar surface area (TPSA) is 294 Å². The van der Waals surface area contributed by atoms with Crippen LogP contribution in [0.2, 0.25) is 0 Å². The lowest BCUT2D eigenvalue weighted by atomic mass is 9.73. The molecule has 23 nitrogen and oxygen atoms in total. The van der Waals surface area contributed by atoms with Crippen molar-refractivity contribution in [3.63, 3.8) is 0 Å². The van der Waals surface area contributed by atoms with Crippen molar-refractivity contribution in [2.24, 2.45) is 28.8 Å². The molecule has 3 saturated heterocycles. The fourth-order valence-corrected chi connectivity index (χ4v) is 12.6. The number of aromatic nitrogens is 1. The summed E-state index contributed by atoms with van der Waals surface area (Å²) in [7, 11) is 6.61. The summed E-state index contributed by atoms with van der Waals surface area (Å²) >= 11 is 0. The van der Waals surface area contributed by atoms with Crippen molar-refractivity contribution in [3.05, 3.63) is 39.7 Å². The lowest BCUT2D eigenvalue weighted by Gasteiger charge is -2.49. The fourth-order valence-electron chi connectivity index (χ4n) is 12.6. The SMILES string of the molecule is CC[C@H]1OC(=O)[C@H](C)[C@@H](O[C@H]2C[C@@](C)(OC)[C@@H](OC(=O)CCNCCCc3cc4c5c(c3)c(=O)c(C(=O)O)cn5C(C)(C)CO4)[C@H](C)O2)[C@H](C)[C@@H](O[C@@H]2O[C@H](C)C[C@H](N(C)C)[C@H]2O)[C@](C)(O)C[C@@H](C)C(=NOCOC)[C@H](C)[C@@H](O)[C@]1(C)O. The number of carbonyl (C=O) groups excluding carboxylic acids is 2. The number of oxime groups is 1. The maximum absolute atomic E-state index is 14.7. The summed E-state index contributed by atoms with van der Waals surface area (Å²) < 4.78 is 57.9. The third-order valence-electron chi connectivity index (χ3n) is 17.3. The highest BCUT2D eigenvalue weighted by atomic mass is 16.7. The molecule has 0 spiro atoms. The zero-order valence-electron chi connectivity index (χ0n) is 51.0. The van der Waals surface area contributed by atoms with Crippen molar-refractivity contribution < 1.29 is 87.4 Å². The Kier molecular flexibility index (Phi) is 22.3. The number of nitrogens with zero attached hydrogens (tertiary/aromatic N) is 3. The monoisotopic (exact) mass is 1160 g/mol. The number of aliphatic hydroxyl groups excluding tert-OH is 2. The lowest BCUT2D eigenvalue weighted by Crippen LogP contribution is -2.61. The Bertz CT molecular complexity index is 2610. The van der Waals surface area contributed by atoms with Crippen LogP contribution in [0, 0.1) is 23.7 Å². The van der Waals surface area contributed by atoms with Crippen molar-refractivity contribution in [3.8, 4) is 5.75 Å². The first-order valence-electron chi connectivity index (χ1n) is 28.9. The van der Waals surface area contributed by atoms with E-state index in [4.69, 9.17) is 47.5 Å². The van der Waals surface area contributed by atoms with Crippen LogP contribution in [0.25, 0.3) is 10.9 Å². The van der Waals surface area contributed by atoms with E-state index in [0.717, 1.165) is 5.56 Å². The van der Waals surface area contributed by atoms with Crippen LogP contribution in [0.3, 0.4) is 0 Å². The molecule has 464 valence electrons. The molecule has 0 amide bonds. The Morgan fingerprint density at radius 3 is 2.26 bits per heavy atom. The van der Waals surface area contributed by atoms with Gasteiger partial charge in [0.05, 0.1) is 70.6 Å². The first-order chi connectivity index (χ1) is 38.3. The van der Waals surface area contributed by atoms with Gasteiger partial charge in [-0.05, 0) is 126 Å². The van der Waals surface area contributed by atoms with Crippen molar-refractivity contribution in [2.45, 2.75) is 218 Å². The van der Waals surface area contributed by atoms with Crippen LogP contribution in [-0.2, 0) is 64.3 Å². The molecule has 18 atom stereocenters. The molecule has 6 rings (SSSR count). The average molecular weight is 1160 g/mol. The highest BCUT2D eigenvalue weighted by Crippen LogP contribution is 2.42. The van der Waals surface area contributed by atoms with Gasteiger partial charge in [-0.1, -0.05) is 32.9 Å². The number of hydrogen-bond donors (Lipinski definition) is 6. The summed E-state index contributed by atoms with van der Waals surface area (Å²) in [5.41, 5.74) is -4.83. The van der Waals surface area contributed by atoms with E-state index in [-0.39, 0.29) is 67.8 Å². The summed E-state index contributed by atoms with van der Waals surface area (Å²) in [6.07, 6.45) is -7.71. The van der Waals surface area contributed by atoms with E-state index in [1.54, 1.807) is 61.5 Å². The lowest BCUT2D eigenvalue weighted by molar-refractivity contribution is -0.318. The molecule has 2 aromatic rings. The fraction of sp³-hybridized carbons (Fsp3) is 0.780. The summed E-state index contributed by atoms with van der Waals surface area (Å²) in [5, 5.41) is 66.6. The first-order valence-corrected chi connectivity index (χ1v) is 28.9. The molecule has 4 aliphatic rings. The number of ether oxygens (including phenoxy) is 9. The molecule has 3 fully saturated rings. The number of rotatable bonds is 19. The minimum Gasteiger partial charge on any atom is -0.489 e. The molecule has 23 heteroatoms. The van der Waals surface area contributed by atoms with Crippen molar-refractivity contribution in [1.29, 1.82) is 0 Å². The number of cyclic esters (lactones) is 1. The van der Waals surface area contributed by atoms with Crippen LogP contribution in [0.5, 0.6) is 5.75 Å². The molecule has 0 saturated carbocycles. The largest absolute Gasteiger partial charge is 0.489 e. The quantitative estimate of drug-likeness (QED) is 0.0489. The Labute approximate surface area is 482 Å². The number of carboxylic acid groups (broad SMARTS) is 1. The molecule has 5 heterocycles. The molecule has 0 radical (unpaired) electrons. The van der Waals surface area contributed by atoms with Gasteiger partial charge in [-0.15, -0.1) is 0 Å². The van der Waals surface area contributed by atoms with Crippen LogP contribution in [-0.4, -0.2) is 198 Å². The second-order valence-corrected chi connectivity index (χ2v) is 24.8. The van der Waals surface area contributed by atoms with E-state index in [1.165, 1.54) is 27.3 Å². The van der Waals surface area contributed by atoms with E-state index >= 15 is 0 Å². The van der Waals surface area contributed by atoms with E-state index in [1.807, 2.05) is 50.4 Å². The molecule has 4 aliphatic heterocycles. The van der Waals surface area contributed by atoms with Crippen LogP contribution in [0.1, 0.15) is 138 Å². The maximum atomic E-state index is 14.7. The molecule has 0 unspecified atom stereocenters. The molecular formula is C59H94N4O19. The van der Waals surface area contributed by atoms with Crippen LogP contribution in [0.4, 0.5) is 0 Å². The van der Waals surface area contributed by atoms with Gasteiger partial charge < -0.3 is 87.8 Å². The number of carboxylic acids is 1. The predicted molar refractivity (Wildman–Crippen MR) is 301 cm³/mol. The minimum atomic E-state index is -2.01. The van der Waals surface area contributed by atoms with Crippen LogP contribution in [0.15, 0.2) is 28.3 Å². The predicted octanol–water partition coefficient (Wildman–Crippen LogP) is 4.50. The highest BCUT2D eigenvalue weighted by molar-refractivity contribution is 5.95. The zero-order valence-corrected chi connectivity index (χ0v) is 51.0. The van der Waals surface area contributed by atoms with Gasteiger partial charge in [-0.25, -0.2) is 4.79 Å². The molecule has 82 heavy (non-hydrogen) atoms. The molecule has 0 aliphatic carbocycles. The van der Waals surface area contributed by atoms with Gasteiger partial charge in [0.15, 0.2) is 18.7 Å². The number of methoxy groups -OCH3 is 2. The summed E-state index contributed by atoms with van der Waals surface area (Å²) in [4.78, 5) is 61.0. The second kappa shape index (κ2) is 27.3. The standard InChI is InChI=1S/C59H94N4O19/c1-17-42-59(12,72)50(67)33(4)45(61-76-30-73-15)31(2)26-57(10,71)51(82-55-48(66)40(62(13)14)23-32(3)77-55)34(5)49(35(6)54(70)79-42)81-44-27-58(11,74-16)52(36(7)78-44)80-43(64)20-22-60-21-18-19-37-24-38-46-41(25-37)75-29-56(8,9)63(46)28-39(47(38)65)53(68)69/h24-25,28,31-36,40,42,44,48-52,55,60,66-67,71-72H,17-23,26-27,29-30H2,1-16H3,(H,68,69)/t31-,32-,33+,34+,35-,36+,40+,42-,44+,48-,49+,50-,51-,52+,55+,57-,58-,59-/m1/s1. The number of aryl methyl sites for hydroxylation is 1. The van der Waals surface area contributed by atoms with E-state index in [0.29, 0.717) is 43.7 Å². The van der Waals surface area contributed by atoms with Crippen molar-refractivity contribution >= 4 is 34.5 Å². The second-order valence-electron chi connectivity index (χ2n) is 24.8. The number of hydrogen-bond acceptors (Lipinski definition) is 21. The molecule has 1 aromatic carbocycles. The van der Waals surface area contributed by atoms with E-state index in [2.05, 4.69) is 10.5 Å². The normalized spacial score (nSPS) is 37.0. The average Bonchev–Trinajstić information content (AvgIpc) is 3.49. The molecular weight excluding hydrogens is 1070 g/mol. The van der Waals surface area contributed by atoms with Gasteiger partial charge in [0.25, 0.3) is 0 Å². The third-order valence-corrected chi connectivity index (χ3v) is 17.3. The molecule has 6 N–H and O–H groups in total. The number of esters is 2. The van der Waals surface area contributed by atoms with Crippen molar-refractivity contribution in [1.82, 2.24) is 14.8 Å². The molecule has 0 bridgehead atoms. The summed E-state index contributed by atoms with van der Waals surface area (Å²) in [6, 6.07) is 3.23. The third kappa shape index (κ3) is 14.8. The number of carbonyl (C=O) groups is 3. The van der Waals surface area contributed by atoms with Gasteiger partial charge in [0.2, 0.25) is 12.2 Å². The van der Waals surface area contributed by atoms with Crippen LogP contribution >= 0.6 is 0 Å². The molecule has 1 aromatic heterocycles. The van der Waals surface area contributed by atoms with Gasteiger partial charge in [0, 0.05) is 57.2 Å². The van der Waals surface area contributed by atoms with Crippen LogP contribution < -0.4 is 15.5 Å². The number of pyridine rings is 1. The van der Waals surface area contributed by atoms with E-state index < -0.39 is 125 Å². The number of likely N-dealkylation sites (N-methyl/N-ethyl adjacent to an activating group) is 1. The Morgan fingerprint density at radius 2 is 1.62 bits per heavy atom. The van der Waals surface area contributed by atoms with Gasteiger partial charge in [0.1, 0.15) is 41.3 Å². The Morgan fingerprint density at radius 1 is 0.927 bits per heavy atom. The smallest absolute Gasteiger partial charge is 0.341 e. The number of aromatic carboxylic acids is 1.